The molecule has 1 aliphatic heterocycles. The van der Waals surface area contributed by atoms with Gasteiger partial charge in [0.25, 0.3) is 0 Å². The Morgan fingerprint density at radius 3 is 2.62 bits per heavy atom. The van der Waals surface area contributed by atoms with Gasteiger partial charge >= 0.3 is 0 Å². The van der Waals surface area contributed by atoms with Crippen molar-refractivity contribution in [1.29, 1.82) is 0 Å². The second-order valence-corrected chi connectivity index (χ2v) is 6.90. The van der Waals surface area contributed by atoms with Crippen LogP contribution in [0.4, 0.5) is 0 Å². The van der Waals surface area contributed by atoms with Gasteiger partial charge < -0.3 is 10.6 Å². The summed E-state index contributed by atoms with van der Waals surface area (Å²) in [5.74, 6) is 0.254. The average Bonchev–Trinajstić information content (AvgIpc) is 2.48. The number of nitrogens with two attached hydrogens (primary N) is 1. The first-order valence-corrected chi connectivity index (χ1v) is 8.05. The molecule has 2 atom stereocenters. The number of nitrogens with zero attached hydrogens (tertiary/aromatic N) is 1. The number of carbonyl (C=O) groups excluding carboxylic acids is 1. The van der Waals surface area contributed by atoms with Gasteiger partial charge in [-0.05, 0) is 23.8 Å². The van der Waals surface area contributed by atoms with Crippen molar-refractivity contribution in [3.63, 3.8) is 0 Å². The Morgan fingerprint density at radius 1 is 1.38 bits per heavy atom. The lowest BCUT2D eigenvalue weighted by atomic mass is 9.79. The molecule has 0 aliphatic carbocycles. The number of rotatable bonds is 4. The van der Waals surface area contributed by atoms with Crippen LogP contribution in [-0.2, 0) is 4.79 Å². The maximum Gasteiger partial charge on any atom is 0.230 e. The smallest absolute Gasteiger partial charge is 0.230 e. The fraction of sp³-hybridized carbons (Fsp3) is 0.611. The van der Waals surface area contributed by atoms with Gasteiger partial charge in [0.15, 0.2) is 0 Å². The minimum atomic E-state index is -0.0127. The van der Waals surface area contributed by atoms with Crippen LogP contribution in [-0.4, -0.2) is 29.9 Å². The molecule has 1 aromatic rings. The zero-order chi connectivity index (χ0) is 15.5. The minimum Gasteiger partial charge on any atom is -0.342 e. The number of piperidine rings is 1. The zero-order valence-electron chi connectivity index (χ0n) is 13.5. The predicted molar refractivity (Wildman–Crippen MR) is 87.0 cm³/mol. The van der Waals surface area contributed by atoms with E-state index < -0.39 is 0 Å². The third-order valence-corrected chi connectivity index (χ3v) is 4.70. The molecule has 1 fully saturated rings. The van der Waals surface area contributed by atoms with Crippen LogP contribution in [0.5, 0.6) is 0 Å². The number of hydrogen-bond acceptors (Lipinski definition) is 2. The van der Waals surface area contributed by atoms with E-state index in [9.17, 15) is 4.79 Å². The topological polar surface area (TPSA) is 46.3 Å². The van der Waals surface area contributed by atoms with E-state index in [1.165, 1.54) is 0 Å². The zero-order valence-corrected chi connectivity index (χ0v) is 13.5. The second kappa shape index (κ2) is 6.61. The lowest BCUT2D eigenvalue weighted by molar-refractivity contribution is -0.136. The molecule has 1 aliphatic rings. The SMILES string of the molecule is CCCC(C(=O)N1CCC(N)C(C)(C)C1)c1ccccc1. The predicted octanol–water partition coefficient (Wildman–Crippen LogP) is 3.16. The van der Waals surface area contributed by atoms with E-state index in [-0.39, 0.29) is 23.3 Å². The Morgan fingerprint density at radius 2 is 2.05 bits per heavy atom. The molecule has 116 valence electrons. The van der Waals surface area contributed by atoms with Gasteiger partial charge in [0.05, 0.1) is 5.92 Å². The Balaban J connectivity index is 2.16. The van der Waals surface area contributed by atoms with E-state index in [0.29, 0.717) is 0 Å². The summed E-state index contributed by atoms with van der Waals surface area (Å²) in [6, 6.07) is 10.4. The van der Waals surface area contributed by atoms with Crippen molar-refractivity contribution in [2.24, 2.45) is 11.1 Å². The molecule has 1 amide bonds. The summed E-state index contributed by atoms with van der Waals surface area (Å²) in [6.45, 7) is 8.01. The molecule has 1 heterocycles. The Bertz CT molecular complexity index is 469. The monoisotopic (exact) mass is 288 g/mol. The van der Waals surface area contributed by atoms with Gasteiger partial charge in [-0.15, -0.1) is 0 Å². The lowest BCUT2D eigenvalue weighted by Crippen LogP contribution is -2.54. The fourth-order valence-corrected chi connectivity index (χ4v) is 3.19. The second-order valence-electron chi connectivity index (χ2n) is 6.90. The molecule has 0 radical (unpaired) electrons. The summed E-state index contributed by atoms with van der Waals surface area (Å²) in [5, 5.41) is 0. The van der Waals surface area contributed by atoms with Crippen LogP contribution in [0.3, 0.4) is 0 Å². The molecular weight excluding hydrogens is 260 g/mol. The van der Waals surface area contributed by atoms with E-state index in [1.807, 2.05) is 23.1 Å². The fourth-order valence-electron chi connectivity index (χ4n) is 3.19. The lowest BCUT2D eigenvalue weighted by Gasteiger charge is -2.43. The third kappa shape index (κ3) is 3.65. The van der Waals surface area contributed by atoms with E-state index >= 15 is 0 Å². The third-order valence-electron chi connectivity index (χ3n) is 4.70. The largest absolute Gasteiger partial charge is 0.342 e. The van der Waals surface area contributed by atoms with Crippen LogP contribution in [0.25, 0.3) is 0 Å². The maximum atomic E-state index is 13.0. The quantitative estimate of drug-likeness (QED) is 0.925. The normalized spacial score (nSPS) is 22.9. The number of carbonyl (C=O) groups is 1. The van der Waals surface area contributed by atoms with Crippen molar-refractivity contribution in [3.05, 3.63) is 35.9 Å². The number of amides is 1. The maximum absolute atomic E-state index is 13.0. The summed E-state index contributed by atoms with van der Waals surface area (Å²) in [5.41, 5.74) is 7.32. The van der Waals surface area contributed by atoms with Gasteiger partial charge in [0.2, 0.25) is 5.91 Å². The highest BCUT2D eigenvalue weighted by molar-refractivity contribution is 5.84. The molecule has 21 heavy (non-hydrogen) atoms. The molecule has 1 saturated heterocycles. The highest BCUT2D eigenvalue weighted by atomic mass is 16.2. The van der Waals surface area contributed by atoms with Crippen molar-refractivity contribution >= 4 is 5.91 Å². The summed E-state index contributed by atoms with van der Waals surface area (Å²) in [6.07, 6.45) is 2.82. The van der Waals surface area contributed by atoms with Crippen LogP contribution < -0.4 is 5.73 Å². The van der Waals surface area contributed by atoms with Crippen LogP contribution in [0, 0.1) is 5.41 Å². The summed E-state index contributed by atoms with van der Waals surface area (Å²) < 4.78 is 0. The first-order chi connectivity index (χ1) is 9.95. The molecule has 3 nitrogen and oxygen atoms in total. The Labute approximate surface area is 128 Å². The van der Waals surface area contributed by atoms with Gasteiger partial charge in [0, 0.05) is 19.1 Å². The number of likely N-dealkylation sites (tertiary alicyclic amines) is 1. The Kier molecular flexibility index (Phi) is 5.04. The molecule has 1 aromatic carbocycles. The summed E-state index contributed by atoms with van der Waals surface area (Å²) >= 11 is 0. The van der Waals surface area contributed by atoms with Crippen molar-refractivity contribution in [3.8, 4) is 0 Å². The average molecular weight is 288 g/mol. The molecule has 0 bridgehead atoms. The van der Waals surface area contributed by atoms with Gasteiger partial charge in [-0.3, -0.25) is 4.79 Å². The molecule has 0 spiro atoms. The van der Waals surface area contributed by atoms with Gasteiger partial charge in [0.1, 0.15) is 0 Å². The van der Waals surface area contributed by atoms with Crippen LogP contribution in [0.1, 0.15) is 51.5 Å². The van der Waals surface area contributed by atoms with Crippen molar-refractivity contribution < 1.29 is 4.79 Å². The van der Waals surface area contributed by atoms with E-state index in [0.717, 1.165) is 37.9 Å². The van der Waals surface area contributed by atoms with E-state index in [4.69, 9.17) is 5.73 Å². The van der Waals surface area contributed by atoms with Gasteiger partial charge in [-0.25, -0.2) is 0 Å². The molecular formula is C18H28N2O. The van der Waals surface area contributed by atoms with E-state index in [1.54, 1.807) is 0 Å². The summed E-state index contributed by atoms with van der Waals surface area (Å²) in [7, 11) is 0. The molecule has 2 N–H and O–H groups in total. The number of benzene rings is 1. The first-order valence-electron chi connectivity index (χ1n) is 8.05. The van der Waals surface area contributed by atoms with Gasteiger partial charge in [-0.1, -0.05) is 57.5 Å². The molecule has 2 rings (SSSR count). The van der Waals surface area contributed by atoms with Crippen LogP contribution in [0.2, 0.25) is 0 Å². The van der Waals surface area contributed by atoms with Gasteiger partial charge in [-0.2, -0.15) is 0 Å². The number of hydrogen-bond donors (Lipinski definition) is 1. The van der Waals surface area contributed by atoms with Crippen molar-refractivity contribution in [1.82, 2.24) is 4.90 Å². The first kappa shape index (κ1) is 16.0. The molecule has 0 aromatic heterocycles. The standard InChI is InChI=1S/C18H28N2O/c1-4-8-15(14-9-6-5-7-10-14)17(21)20-12-11-16(19)18(2,3)13-20/h5-7,9-10,15-16H,4,8,11-13,19H2,1-3H3. The van der Waals surface area contributed by atoms with Crippen molar-refractivity contribution in [2.75, 3.05) is 13.1 Å². The Hall–Kier alpha value is -1.35. The van der Waals surface area contributed by atoms with E-state index in [2.05, 4.69) is 32.9 Å². The summed E-state index contributed by atoms with van der Waals surface area (Å²) in [4.78, 5) is 15.0. The molecule has 0 saturated carbocycles. The van der Waals surface area contributed by atoms with Crippen molar-refractivity contribution in [2.45, 2.75) is 52.0 Å². The van der Waals surface area contributed by atoms with Crippen LogP contribution >= 0.6 is 0 Å². The molecule has 2 unspecified atom stereocenters. The molecule has 3 heteroatoms. The van der Waals surface area contributed by atoms with Crippen LogP contribution in [0.15, 0.2) is 30.3 Å². The highest BCUT2D eigenvalue weighted by Gasteiger charge is 2.37. The highest BCUT2D eigenvalue weighted by Crippen LogP contribution is 2.31. The minimum absolute atomic E-state index is 0.00135.